The molecule has 0 unspecified atom stereocenters. The molecule has 0 saturated heterocycles. The van der Waals surface area contributed by atoms with Gasteiger partial charge in [0.25, 0.3) is 0 Å². The van der Waals surface area contributed by atoms with Gasteiger partial charge in [-0.1, -0.05) is 40.9 Å². The molecule has 0 bridgehead atoms. The summed E-state index contributed by atoms with van der Waals surface area (Å²) >= 11 is 1.35. The summed E-state index contributed by atoms with van der Waals surface area (Å²) < 4.78 is 3.51. The maximum Gasteiger partial charge on any atom is 0.0620 e. The molecule has 0 spiro atoms. The first kappa shape index (κ1) is 7.88. The van der Waals surface area contributed by atoms with Gasteiger partial charge in [0.2, 0.25) is 0 Å². The average Bonchev–Trinajstić information content (AvgIpc) is 2.64. The first-order valence-electron chi connectivity index (χ1n) is 3.21. The number of nitrogens with zero attached hydrogens (tertiary/aromatic N) is 2. The zero-order valence-corrected chi connectivity index (χ0v) is 6.74. The van der Waals surface area contributed by atoms with Crippen molar-refractivity contribution < 1.29 is 0 Å². The Labute approximate surface area is 69.7 Å². The molecule has 2 aromatic rings. The van der Waals surface area contributed by atoms with E-state index in [1.54, 1.807) is 6.20 Å². The lowest BCUT2D eigenvalue weighted by molar-refractivity contribution is 1.16. The second-order valence-corrected chi connectivity index (χ2v) is 2.39. The van der Waals surface area contributed by atoms with E-state index in [0.29, 0.717) is 0 Å². The second-order valence-electron chi connectivity index (χ2n) is 1.74. The Kier molecular flexibility index (Phi) is 3.98. The lowest BCUT2D eigenvalue weighted by Gasteiger charge is -1.69. The van der Waals surface area contributed by atoms with Gasteiger partial charge >= 0.3 is 0 Å². The lowest BCUT2D eigenvalue weighted by Crippen LogP contribution is -1.51. The molecule has 11 heavy (non-hydrogen) atoms. The van der Waals surface area contributed by atoms with E-state index in [0.717, 1.165) is 0 Å². The van der Waals surface area contributed by atoms with Crippen LogP contribution in [-0.2, 0) is 0 Å². The summed E-state index contributed by atoms with van der Waals surface area (Å²) in [5.41, 5.74) is 0. The van der Waals surface area contributed by atoms with Gasteiger partial charge in [0, 0.05) is 5.38 Å². The van der Waals surface area contributed by atoms with Gasteiger partial charge in [0.1, 0.15) is 0 Å². The molecular weight excluding hydrogens is 156 g/mol. The van der Waals surface area contributed by atoms with E-state index in [-0.39, 0.29) is 0 Å². The van der Waals surface area contributed by atoms with E-state index >= 15 is 0 Å². The largest absolute Gasteiger partial charge is 0.147 e. The summed E-state index contributed by atoms with van der Waals surface area (Å²) in [5.74, 6) is 0. The Bertz CT molecular complexity index is 198. The second kappa shape index (κ2) is 5.56. The number of hydrogen-bond donors (Lipinski definition) is 0. The topological polar surface area (TPSA) is 25.8 Å². The Hall–Kier alpha value is -1.22. The third-order valence-electron chi connectivity index (χ3n) is 0.949. The highest BCUT2D eigenvalue weighted by Gasteiger charge is 1.61. The summed E-state index contributed by atoms with van der Waals surface area (Å²) in [7, 11) is 0. The van der Waals surface area contributed by atoms with Crippen molar-refractivity contribution in [3.8, 4) is 0 Å². The van der Waals surface area contributed by atoms with Crippen LogP contribution in [0.25, 0.3) is 0 Å². The highest BCUT2D eigenvalue weighted by Crippen LogP contribution is 1.80. The van der Waals surface area contributed by atoms with Crippen LogP contribution in [-0.4, -0.2) is 9.59 Å². The predicted octanol–water partition coefficient (Wildman–Crippen LogP) is 2.22. The quantitative estimate of drug-likeness (QED) is 0.596. The van der Waals surface area contributed by atoms with E-state index in [2.05, 4.69) is 9.59 Å². The Morgan fingerprint density at radius 1 is 0.818 bits per heavy atom. The molecule has 0 aliphatic rings. The standard InChI is InChI=1S/C6H6.C2H2N2S/c1-2-4-6-5-3-1;1-2-5-4-3-1/h1-6H;1-2H. The maximum atomic E-state index is 3.51. The lowest BCUT2D eigenvalue weighted by atomic mass is 10.4. The third kappa shape index (κ3) is 4.22. The summed E-state index contributed by atoms with van der Waals surface area (Å²) in [5, 5.41) is 5.31. The van der Waals surface area contributed by atoms with Crippen LogP contribution in [0.3, 0.4) is 0 Å². The van der Waals surface area contributed by atoms with Crippen molar-refractivity contribution in [2.45, 2.75) is 0 Å². The van der Waals surface area contributed by atoms with Gasteiger partial charge in [-0.3, -0.25) is 0 Å². The van der Waals surface area contributed by atoms with Crippen molar-refractivity contribution in [1.29, 1.82) is 0 Å². The normalized spacial score (nSPS) is 8.00. The van der Waals surface area contributed by atoms with Crippen molar-refractivity contribution in [3.63, 3.8) is 0 Å². The Morgan fingerprint density at radius 2 is 1.36 bits per heavy atom. The molecule has 0 saturated carbocycles. The van der Waals surface area contributed by atoms with Crippen molar-refractivity contribution in [1.82, 2.24) is 9.59 Å². The van der Waals surface area contributed by atoms with Crippen molar-refractivity contribution in [3.05, 3.63) is 48.0 Å². The molecule has 2 rings (SSSR count). The summed E-state index contributed by atoms with van der Waals surface area (Å²) in [6, 6.07) is 12.0. The first-order chi connectivity index (χ1) is 5.50. The van der Waals surface area contributed by atoms with E-state index in [1.165, 1.54) is 11.5 Å². The molecule has 56 valence electrons. The minimum atomic E-state index is 1.35. The van der Waals surface area contributed by atoms with Crippen LogP contribution in [0, 0.1) is 0 Å². The van der Waals surface area contributed by atoms with Gasteiger partial charge in [-0.2, -0.15) is 0 Å². The van der Waals surface area contributed by atoms with E-state index in [4.69, 9.17) is 0 Å². The van der Waals surface area contributed by atoms with Gasteiger partial charge in [-0.15, -0.1) is 5.10 Å². The zero-order chi connectivity index (χ0) is 7.78. The van der Waals surface area contributed by atoms with Gasteiger partial charge in [0.15, 0.2) is 0 Å². The fourth-order valence-corrected chi connectivity index (χ4v) is 0.793. The number of benzene rings is 1. The van der Waals surface area contributed by atoms with Crippen molar-refractivity contribution >= 4 is 11.5 Å². The van der Waals surface area contributed by atoms with Crippen LogP contribution >= 0.6 is 11.5 Å². The monoisotopic (exact) mass is 164 g/mol. The van der Waals surface area contributed by atoms with Crippen molar-refractivity contribution in [2.24, 2.45) is 0 Å². The molecule has 0 aliphatic heterocycles. The number of rotatable bonds is 0. The predicted molar refractivity (Wildman–Crippen MR) is 46.4 cm³/mol. The molecule has 0 fully saturated rings. The molecule has 2 nitrogen and oxygen atoms in total. The minimum absolute atomic E-state index is 1.35. The molecule has 0 amide bonds. The molecule has 0 aliphatic carbocycles. The Balaban J connectivity index is 0.000000112. The Morgan fingerprint density at radius 3 is 1.55 bits per heavy atom. The van der Waals surface area contributed by atoms with Gasteiger partial charge in [-0.05, 0) is 11.5 Å². The van der Waals surface area contributed by atoms with Crippen LogP contribution in [0.4, 0.5) is 0 Å². The average molecular weight is 164 g/mol. The van der Waals surface area contributed by atoms with Crippen molar-refractivity contribution in [2.75, 3.05) is 0 Å². The fourth-order valence-electron chi connectivity index (χ4n) is 0.521. The molecule has 0 atom stereocenters. The van der Waals surface area contributed by atoms with Crippen LogP contribution in [0.5, 0.6) is 0 Å². The SMILES string of the molecule is c1ccccc1.c1csnn1. The van der Waals surface area contributed by atoms with E-state index in [1.807, 2.05) is 41.8 Å². The fraction of sp³-hybridized carbons (Fsp3) is 0. The summed E-state index contributed by atoms with van der Waals surface area (Å²) in [6.45, 7) is 0. The number of hydrogen-bond acceptors (Lipinski definition) is 3. The van der Waals surface area contributed by atoms with Gasteiger partial charge in [-0.25, -0.2) is 0 Å². The highest BCUT2D eigenvalue weighted by atomic mass is 32.1. The summed E-state index contributed by atoms with van der Waals surface area (Å²) in [4.78, 5) is 0. The third-order valence-corrected chi connectivity index (χ3v) is 1.38. The van der Waals surface area contributed by atoms with Crippen LogP contribution < -0.4 is 0 Å². The molecule has 0 radical (unpaired) electrons. The molecule has 0 N–H and O–H groups in total. The molecule has 1 heterocycles. The summed E-state index contributed by atoms with van der Waals surface area (Å²) in [6.07, 6.45) is 1.66. The van der Waals surface area contributed by atoms with Crippen LogP contribution in [0.15, 0.2) is 48.0 Å². The molecule has 1 aromatic heterocycles. The van der Waals surface area contributed by atoms with Crippen LogP contribution in [0.1, 0.15) is 0 Å². The van der Waals surface area contributed by atoms with Crippen LogP contribution in [0.2, 0.25) is 0 Å². The molecule has 3 heteroatoms. The molecule has 1 aromatic carbocycles. The zero-order valence-electron chi connectivity index (χ0n) is 5.92. The van der Waals surface area contributed by atoms with E-state index in [9.17, 15) is 0 Å². The smallest absolute Gasteiger partial charge is 0.0620 e. The highest BCUT2D eigenvalue weighted by molar-refractivity contribution is 7.03. The number of aromatic nitrogens is 2. The maximum absolute atomic E-state index is 3.51. The minimum Gasteiger partial charge on any atom is -0.147 e. The van der Waals surface area contributed by atoms with Gasteiger partial charge < -0.3 is 0 Å². The van der Waals surface area contributed by atoms with E-state index < -0.39 is 0 Å². The first-order valence-corrected chi connectivity index (χ1v) is 4.05. The van der Waals surface area contributed by atoms with Gasteiger partial charge in [0.05, 0.1) is 6.20 Å². The molecular formula is C8H8N2S.